The molecule has 1 aromatic rings. The van der Waals surface area contributed by atoms with Crippen LogP contribution in [0.4, 0.5) is 4.39 Å². The maximum Gasteiger partial charge on any atom is 0.136 e. The van der Waals surface area contributed by atoms with Crippen LogP contribution >= 0.6 is 11.8 Å². The van der Waals surface area contributed by atoms with Crippen molar-refractivity contribution in [3.05, 3.63) is 30.1 Å². The van der Waals surface area contributed by atoms with E-state index < -0.39 is 5.54 Å². The summed E-state index contributed by atoms with van der Waals surface area (Å²) in [5, 5.41) is 8.91. The first-order valence-electron chi connectivity index (χ1n) is 5.06. The summed E-state index contributed by atoms with van der Waals surface area (Å²) in [5.41, 5.74) is 4.89. The van der Waals surface area contributed by atoms with Crippen molar-refractivity contribution in [3.8, 4) is 6.07 Å². The monoisotopic (exact) mass is 238 g/mol. The van der Waals surface area contributed by atoms with Crippen LogP contribution in [0.1, 0.15) is 20.3 Å². The Kier molecular flexibility index (Phi) is 4.34. The van der Waals surface area contributed by atoms with Gasteiger partial charge in [-0.3, -0.25) is 0 Å². The van der Waals surface area contributed by atoms with Gasteiger partial charge >= 0.3 is 0 Å². The van der Waals surface area contributed by atoms with E-state index in [1.807, 2.05) is 13.0 Å². The van der Waals surface area contributed by atoms with Gasteiger partial charge in [0.1, 0.15) is 11.4 Å². The molecule has 2 nitrogen and oxygen atoms in total. The fourth-order valence-corrected chi connectivity index (χ4v) is 2.64. The van der Waals surface area contributed by atoms with Crippen molar-refractivity contribution in [2.75, 3.05) is 0 Å². The highest BCUT2D eigenvalue weighted by molar-refractivity contribution is 8.00. The molecule has 0 aliphatic heterocycles. The molecule has 0 aliphatic rings. The largest absolute Gasteiger partial charge is 0.314 e. The van der Waals surface area contributed by atoms with Crippen LogP contribution in [0.5, 0.6) is 0 Å². The smallest absolute Gasteiger partial charge is 0.136 e. The molecule has 2 unspecified atom stereocenters. The Hall–Kier alpha value is -1.05. The fourth-order valence-electron chi connectivity index (χ4n) is 1.44. The standard InChI is InChI=1S/C12H15FN2S/c1-9(7-12(2,15)8-14)16-11-6-4-3-5-10(11)13/h3-6,9H,7,15H2,1-2H3. The summed E-state index contributed by atoms with van der Waals surface area (Å²) in [7, 11) is 0. The summed E-state index contributed by atoms with van der Waals surface area (Å²) in [5.74, 6) is -0.227. The van der Waals surface area contributed by atoms with Crippen LogP contribution in [0, 0.1) is 17.1 Å². The van der Waals surface area contributed by atoms with Crippen molar-refractivity contribution in [1.82, 2.24) is 0 Å². The van der Waals surface area contributed by atoms with Crippen molar-refractivity contribution < 1.29 is 4.39 Å². The van der Waals surface area contributed by atoms with Gasteiger partial charge in [-0.15, -0.1) is 11.8 Å². The molecule has 0 bridgehead atoms. The summed E-state index contributed by atoms with van der Waals surface area (Å²) < 4.78 is 13.3. The first-order chi connectivity index (χ1) is 7.44. The molecule has 0 aliphatic carbocycles. The molecule has 0 heterocycles. The summed E-state index contributed by atoms with van der Waals surface area (Å²) in [4.78, 5) is 0.601. The van der Waals surface area contributed by atoms with E-state index in [1.165, 1.54) is 17.8 Å². The minimum Gasteiger partial charge on any atom is -0.314 e. The van der Waals surface area contributed by atoms with E-state index in [1.54, 1.807) is 25.1 Å². The molecule has 4 heteroatoms. The van der Waals surface area contributed by atoms with E-state index in [4.69, 9.17) is 11.0 Å². The number of nitriles is 1. The predicted molar refractivity (Wildman–Crippen MR) is 64.5 cm³/mol. The highest BCUT2D eigenvalue weighted by Gasteiger charge is 2.22. The Bertz CT molecular complexity index is 398. The molecule has 86 valence electrons. The lowest BCUT2D eigenvalue weighted by Gasteiger charge is -2.20. The molecule has 0 radical (unpaired) electrons. The summed E-state index contributed by atoms with van der Waals surface area (Å²) >= 11 is 1.41. The molecule has 2 atom stereocenters. The zero-order valence-corrected chi connectivity index (χ0v) is 10.2. The van der Waals surface area contributed by atoms with Crippen LogP contribution in [0.25, 0.3) is 0 Å². The lowest BCUT2D eigenvalue weighted by molar-refractivity contribution is 0.544. The van der Waals surface area contributed by atoms with E-state index in [0.717, 1.165) is 0 Å². The van der Waals surface area contributed by atoms with Crippen LogP contribution in [-0.4, -0.2) is 10.8 Å². The molecular weight excluding hydrogens is 223 g/mol. The van der Waals surface area contributed by atoms with Gasteiger partial charge in [0.05, 0.1) is 6.07 Å². The molecular formula is C12H15FN2S. The van der Waals surface area contributed by atoms with E-state index in [9.17, 15) is 4.39 Å². The van der Waals surface area contributed by atoms with Crippen molar-refractivity contribution in [2.24, 2.45) is 5.73 Å². The van der Waals surface area contributed by atoms with Gasteiger partial charge in [0, 0.05) is 10.1 Å². The first-order valence-corrected chi connectivity index (χ1v) is 5.94. The number of hydrogen-bond acceptors (Lipinski definition) is 3. The number of benzene rings is 1. The van der Waals surface area contributed by atoms with Gasteiger partial charge in [-0.1, -0.05) is 19.1 Å². The fraction of sp³-hybridized carbons (Fsp3) is 0.417. The van der Waals surface area contributed by atoms with Crippen LogP contribution in [-0.2, 0) is 0 Å². The van der Waals surface area contributed by atoms with Gasteiger partial charge in [0.15, 0.2) is 0 Å². The number of nitrogens with zero attached hydrogens (tertiary/aromatic N) is 1. The first kappa shape index (κ1) is 13.0. The highest BCUT2D eigenvalue weighted by Crippen LogP contribution is 2.29. The zero-order chi connectivity index (χ0) is 12.2. The minimum absolute atomic E-state index is 0.103. The Morgan fingerprint density at radius 1 is 1.56 bits per heavy atom. The second-order valence-electron chi connectivity index (χ2n) is 4.09. The molecule has 0 spiro atoms. The zero-order valence-electron chi connectivity index (χ0n) is 9.40. The summed E-state index contributed by atoms with van der Waals surface area (Å²) in [6.45, 7) is 3.63. The van der Waals surface area contributed by atoms with Gasteiger partial charge in [-0.05, 0) is 25.5 Å². The van der Waals surface area contributed by atoms with Gasteiger partial charge in [-0.25, -0.2) is 4.39 Å². The summed E-state index contributed by atoms with van der Waals surface area (Å²) in [6, 6.07) is 8.66. The number of nitrogens with two attached hydrogens (primary N) is 1. The Balaban J connectivity index is 2.63. The van der Waals surface area contributed by atoms with Crippen molar-refractivity contribution >= 4 is 11.8 Å². The number of halogens is 1. The molecule has 0 saturated carbocycles. The van der Waals surface area contributed by atoms with Crippen molar-refractivity contribution in [1.29, 1.82) is 5.26 Å². The van der Waals surface area contributed by atoms with E-state index in [-0.39, 0.29) is 11.1 Å². The maximum atomic E-state index is 13.3. The molecule has 0 saturated heterocycles. The Labute approximate surface area is 99.6 Å². The predicted octanol–water partition coefficient (Wildman–Crippen LogP) is 2.94. The molecule has 16 heavy (non-hydrogen) atoms. The van der Waals surface area contributed by atoms with Crippen molar-refractivity contribution in [3.63, 3.8) is 0 Å². The molecule has 1 aromatic carbocycles. The molecule has 1 rings (SSSR count). The van der Waals surface area contributed by atoms with Gasteiger partial charge in [-0.2, -0.15) is 5.26 Å². The van der Waals surface area contributed by atoms with Crippen LogP contribution in [0.3, 0.4) is 0 Å². The maximum absolute atomic E-state index is 13.3. The van der Waals surface area contributed by atoms with E-state index in [2.05, 4.69) is 0 Å². The minimum atomic E-state index is -0.850. The van der Waals surface area contributed by atoms with Crippen LogP contribution in [0.2, 0.25) is 0 Å². The Morgan fingerprint density at radius 2 is 2.19 bits per heavy atom. The third-order valence-electron chi connectivity index (χ3n) is 2.13. The lowest BCUT2D eigenvalue weighted by atomic mass is 10.00. The normalized spacial score (nSPS) is 16.2. The average Bonchev–Trinajstić information content (AvgIpc) is 2.21. The lowest BCUT2D eigenvalue weighted by Crippen LogP contribution is -2.36. The SMILES string of the molecule is CC(CC(C)(N)C#N)Sc1ccccc1F. The Morgan fingerprint density at radius 3 is 2.75 bits per heavy atom. The third-order valence-corrected chi connectivity index (χ3v) is 3.29. The number of thioether (sulfide) groups is 1. The van der Waals surface area contributed by atoms with Gasteiger partial charge < -0.3 is 5.73 Å². The van der Waals surface area contributed by atoms with Crippen molar-refractivity contribution in [2.45, 2.75) is 36.0 Å². The number of hydrogen-bond donors (Lipinski definition) is 1. The second kappa shape index (κ2) is 5.33. The van der Waals surface area contributed by atoms with Crippen LogP contribution < -0.4 is 5.73 Å². The molecule has 0 amide bonds. The highest BCUT2D eigenvalue weighted by atomic mass is 32.2. The molecule has 2 N–H and O–H groups in total. The van der Waals surface area contributed by atoms with Crippen LogP contribution in [0.15, 0.2) is 29.2 Å². The quantitative estimate of drug-likeness (QED) is 0.820. The van der Waals surface area contributed by atoms with E-state index in [0.29, 0.717) is 11.3 Å². The molecule has 0 aromatic heterocycles. The average molecular weight is 238 g/mol. The van der Waals surface area contributed by atoms with Gasteiger partial charge in [0.2, 0.25) is 0 Å². The van der Waals surface area contributed by atoms with Gasteiger partial charge in [0.25, 0.3) is 0 Å². The molecule has 0 fully saturated rings. The second-order valence-corrected chi connectivity index (χ2v) is 5.57. The third kappa shape index (κ3) is 3.84. The number of rotatable bonds is 4. The topological polar surface area (TPSA) is 49.8 Å². The summed E-state index contributed by atoms with van der Waals surface area (Å²) in [6.07, 6.45) is 0.530. The van der Waals surface area contributed by atoms with E-state index >= 15 is 0 Å².